The standard InChI is InChI=1S/C7H10OS/c1-3-4-5-7(8)6-9-2/h1H,4-6H2,2H3. The van der Waals surface area contributed by atoms with E-state index < -0.39 is 0 Å². The smallest absolute Gasteiger partial charge is 0.143 e. The molecule has 0 atom stereocenters. The van der Waals surface area contributed by atoms with Crippen LogP contribution in [0.15, 0.2) is 0 Å². The fraction of sp³-hybridized carbons (Fsp3) is 0.571. The molecule has 0 aromatic carbocycles. The van der Waals surface area contributed by atoms with Crippen molar-refractivity contribution in [3.63, 3.8) is 0 Å². The van der Waals surface area contributed by atoms with Crippen LogP contribution in [0, 0.1) is 12.3 Å². The van der Waals surface area contributed by atoms with Crippen LogP contribution in [0.5, 0.6) is 0 Å². The highest BCUT2D eigenvalue weighted by Gasteiger charge is 1.96. The summed E-state index contributed by atoms with van der Waals surface area (Å²) in [7, 11) is 0. The molecule has 0 bridgehead atoms. The summed E-state index contributed by atoms with van der Waals surface area (Å²) in [6.07, 6.45) is 8.00. The first-order valence-electron chi connectivity index (χ1n) is 2.75. The lowest BCUT2D eigenvalue weighted by molar-refractivity contribution is -0.116. The highest BCUT2D eigenvalue weighted by atomic mass is 32.2. The molecular formula is C7H10OS. The molecule has 0 unspecified atom stereocenters. The summed E-state index contributed by atoms with van der Waals surface area (Å²) in [6, 6.07) is 0. The van der Waals surface area contributed by atoms with Crippen LogP contribution in [0.1, 0.15) is 12.8 Å². The van der Waals surface area contributed by atoms with Crippen molar-refractivity contribution in [2.24, 2.45) is 0 Å². The summed E-state index contributed by atoms with van der Waals surface area (Å²) in [4.78, 5) is 10.7. The molecule has 0 amide bonds. The zero-order chi connectivity index (χ0) is 7.11. The average molecular weight is 142 g/mol. The van der Waals surface area contributed by atoms with Gasteiger partial charge in [0.2, 0.25) is 0 Å². The molecular weight excluding hydrogens is 132 g/mol. The number of thioether (sulfide) groups is 1. The Morgan fingerprint density at radius 3 is 2.89 bits per heavy atom. The van der Waals surface area contributed by atoms with Gasteiger partial charge in [0, 0.05) is 12.8 Å². The van der Waals surface area contributed by atoms with Crippen molar-refractivity contribution >= 4 is 17.5 Å². The number of rotatable bonds is 4. The Balaban J connectivity index is 3.19. The monoisotopic (exact) mass is 142 g/mol. The summed E-state index contributed by atoms with van der Waals surface area (Å²) >= 11 is 1.54. The Labute approximate surface area is 60.2 Å². The number of ketones is 1. The van der Waals surface area contributed by atoms with Gasteiger partial charge in [0.05, 0.1) is 5.75 Å². The van der Waals surface area contributed by atoms with Gasteiger partial charge in [-0.25, -0.2) is 0 Å². The topological polar surface area (TPSA) is 17.1 Å². The average Bonchev–Trinajstić information content (AvgIpc) is 1.85. The van der Waals surface area contributed by atoms with Gasteiger partial charge in [0.1, 0.15) is 5.78 Å². The van der Waals surface area contributed by atoms with Crippen molar-refractivity contribution in [2.45, 2.75) is 12.8 Å². The molecule has 0 aliphatic heterocycles. The molecule has 0 saturated heterocycles. The minimum Gasteiger partial charge on any atom is -0.299 e. The fourth-order valence-electron chi connectivity index (χ4n) is 0.445. The number of Topliss-reactive ketones (excluding diaryl/α,β-unsaturated/α-hetero) is 1. The molecule has 0 aromatic heterocycles. The first-order chi connectivity index (χ1) is 4.31. The minimum atomic E-state index is 0.250. The van der Waals surface area contributed by atoms with E-state index in [4.69, 9.17) is 6.42 Å². The summed E-state index contributed by atoms with van der Waals surface area (Å²) in [5, 5.41) is 0. The molecule has 2 heteroatoms. The maximum atomic E-state index is 10.7. The van der Waals surface area contributed by atoms with Gasteiger partial charge in [-0.05, 0) is 6.26 Å². The summed E-state index contributed by atoms with van der Waals surface area (Å²) < 4.78 is 0. The van der Waals surface area contributed by atoms with Crippen LogP contribution in [0.4, 0.5) is 0 Å². The molecule has 0 aliphatic carbocycles. The van der Waals surface area contributed by atoms with Crippen molar-refractivity contribution in [2.75, 3.05) is 12.0 Å². The van der Waals surface area contributed by atoms with E-state index in [1.54, 1.807) is 11.8 Å². The second-order valence-corrected chi connectivity index (χ2v) is 2.54. The van der Waals surface area contributed by atoms with Gasteiger partial charge in [0.25, 0.3) is 0 Å². The van der Waals surface area contributed by atoms with E-state index in [-0.39, 0.29) is 5.78 Å². The SMILES string of the molecule is C#CCCC(=O)CSC. The van der Waals surface area contributed by atoms with Gasteiger partial charge >= 0.3 is 0 Å². The third-order valence-electron chi connectivity index (χ3n) is 0.854. The Hall–Kier alpha value is -0.420. The normalized spacial score (nSPS) is 8.44. The van der Waals surface area contributed by atoms with Crippen molar-refractivity contribution in [1.82, 2.24) is 0 Å². The van der Waals surface area contributed by atoms with Crippen molar-refractivity contribution in [1.29, 1.82) is 0 Å². The van der Waals surface area contributed by atoms with E-state index in [9.17, 15) is 4.79 Å². The van der Waals surface area contributed by atoms with Gasteiger partial charge in [-0.15, -0.1) is 12.3 Å². The molecule has 0 N–H and O–H groups in total. The maximum absolute atomic E-state index is 10.7. The summed E-state index contributed by atoms with van der Waals surface area (Å²) in [5.41, 5.74) is 0. The molecule has 0 aromatic rings. The van der Waals surface area contributed by atoms with Crippen LogP contribution in [-0.4, -0.2) is 17.8 Å². The zero-order valence-corrected chi connectivity index (χ0v) is 6.33. The quantitative estimate of drug-likeness (QED) is 0.551. The van der Waals surface area contributed by atoms with Crippen LogP contribution >= 0.6 is 11.8 Å². The number of terminal acetylenes is 1. The van der Waals surface area contributed by atoms with Gasteiger partial charge in [-0.3, -0.25) is 4.79 Å². The summed E-state index contributed by atoms with van der Waals surface area (Å²) in [5.74, 6) is 3.28. The zero-order valence-electron chi connectivity index (χ0n) is 5.52. The first-order valence-corrected chi connectivity index (χ1v) is 4.14. The molecule has 1 nitrogen and oxygen atoms in total. The van der Waals surface area contributed by atoms with Crippen LogP contribution in [-0.2, 0) is 4.79 Å². The highest BCUT2D eigenvalue weighted by molar-refractivity contribution is 7.99. The molecule has 0 spiro atoms. The molecule has 0 saturated carbocycles. The van der Waals surface area contributed by atoms with E-state index in [1.165, 1.54) is 0 Å². The molecule has 0 heterocycles. The number of hydrogen-bond donors (Lipinski definition) is 0. The van der Waals surface area contributed by atoms with Crippen LogP contribution in [0.3, 0.4) is 0 Å². The van der Waals surface area contributed by atoms with E-state index in [1.807, 2.05) is 6.26 Å². The lowest BCUT2D eigenvalue weighted by atomic mass is 10.2. The fourth-order valence-corrected chi connectivity index (χ4v) is 0.911. The minimum absolute atomic E-state index is 0.250. The van der Waals surface area contributed by atoms with Crippen molar-refractivity contribution < 1.29 is 4.79 Å². The van der Waals surface area contributed by atoms with Crippen LogP contribution in [0.25, 0.3) is 0 Å². The lowest BCUT2D eigenvalue weighted by Crippen LogP contribution is -1.99. The number of carbonyl (C=O) groups is 1. The predicted molar refractivity (Wildman–Crippen MR) is 41.5 cm³/mol. The highest BCUT2D eigenvalue weighted by Crippen LogP contribution is 1.96. The second kappa shape index (κ2) is 5.71. The molecule has 0 fully saturated rings. The maximum Gasteiger partial charge on any atom is 0.143 e. The second-order valence-electron chi connectivity index (χ2n) is 1.68. The largest absolute Gasteiger partial charge is 0.299 e. The molecule has 9 heavy (non-hydrogen) atoms. The van der Waals surface area contributed by atoms with E-state index in [2.05, 4.69) is 5.92 Å². The third kappa shape index (κ3) is 5.45. The predicted octanol–water partition coefficient (Wildman–Crippen LogP) is 1.33. The Bertz CT molecular complexity index is 123. The summed E-state index contributed by atoms with van der Waals surface area (Å²) in [6.45, 7) is 0. The van der Waals surface area contributed by atoms with Gasteiger partial charge < -0.3 is 0 Å². The van der Waals surface area contributed by atoms with E-state index in [0.29, 0.717) is 18.6 Å². The Morgan fingerprint density at radius 1 is 1.78 bits per heavy atom. The van der Waals surface area contributed by atoms with E-state index >= 15 is 0 Å². The van der Waals surface area contributed by atoms with Crippen LogP contribution < -0.4 is 0 Å². The number of hydrogen-bond acceptors (Lipinski definition) is 2. The third-order valence-corrected chi connectivity index (χ3v) is 1.46. The first kappa shape index (κ1) is 8.58. The molecule has 50 valence electrons. The van der Waals surface area contributed by atoms with Crippen molar-refractivity contribution in [3.05, 3.63) is 0 Å². The lowest BCUT2D eigenvalue weighted by Gasteiger charge is -1.91. The van der Waals surface area contributed by atoms with Gasteiger partial charge in [-0.1, -0.05) is 0 Å². The van der Waals surface area contributed by atoms with Gasteiger partial charge in [0.15, 0.2) is 0 Å². The molecule has 0 aliphatic rings. The Kier molecular flexibility index (Phi) is 5.45. The van der Waals surface area contributed by atoms with Gasteiger partial charge in [-0.2, -0.15) is 11.8 Å². The van der Waals surface area contributed by atoms with Crippen LogP contribution in [0.2, 0.25) is 0 Å². The van der Waals surface area contributed by atoms with Crippen molar-refractivity contribution in [3.8, 4) is 12.3 Å². The molecule has 0 rings (SSSR count). The Morgan fingerprint density at radius 2 is 2.44 bits per heavy atom. The number of carbonyl (C=O) groups excluding carboxylic acids is 1. The molecule has 0 radical (unpaired) electrons. The van der Waals surface area contributed by atoms with E-state index in [0.717, 1.165) is 0 Å².